The van der Waals surface area contributed by atoms with Gasteiger partial charge < -0.3 is 4.74 Å². The summed E-state index contributed by atoms with van der Waals surface area (Å²) < 4.78 is 74.1. The summed E-state index contributed by atoms with van der Waals surface area (Å²) in [4.78, 5) is -0.121. The Bertz CT molecular complexity index is 1360. The fourth-order valence-electron chi connectivity index (χ4n) is 3.61. The molecule has 0 spiro atoms. The Kier molecular flexibility index (Phi) is 5.93. The van der Waals surface area contributed by atoms with E-state index in [-0.39, 0.29) is 27.8 Å². The van der Waals surface area contributed by atoms with Gasteiger partial charge >= 0.3 is 0 Å². The normalized spacial score (nSPS) is 14.6. The molecule has 3 aromatic carbocycles. The van der Waals surface area contributed by atoms with E-state index >= 15 is 0 Å². The minimum absolute atomic E-state index is 0.0111. The molecule has 0 aliphatic carbocycles. The highest BCUT2D eigenvalue weighted by molar-refractivity contribution is 7.92. The first kappa shape index (κ1) is 22.3. The van der Waals surface area contributed by atoms with Crippen LogP contribution in [-0.2, 0) is 33.0 Å². The van der Waals surface area contributed by atoms with Crippen molar-refractivity contribution < 1.29 is 26.0 Å². The van der Waals surface area contributed by atoms with Crippen molar-refractivity contribution in [3.05, 3.63) is 83.7 Å². The summed E-state index contributed by atoms with van der Waals surface area (Å²) in [6, 6.07) is 16.4. The van der Waals surface area contributed by atoms with Crippen LogP contribution in [0, 0.1) is 5.82 Å². The summed E-state index contributed by atoms with van der Waals surface area (Å²) in [6.07, 6.45) is 0.506. The lowest BCUT2D eigenvalue weighted by molar-refractivity contribution is 0.391. The summed E-state index contributed by atoms with van der Waals surface area (Å²) in [5, 5.41) is 0. The van der Waals surface area contributed by atoms with Crippen LogP contribution < -0.4 is 9.46 Å². The maximum Gasteiger partial charge on any atom is 0.265 e. The number of hydrogen-bond donors (Lipinski definition) is 1. The zero-order valence-electron chi connectivity index (χ0n) is 17.2. The van der Waals surface area contributed by atoms with Crippen LogP contribution in [-0.4, -0.2) is 34.8 Å². The first-order valence-electron chi connectivity index (χ1n) is 9.74. The van der Waals surface area contributed by atoms with Gasteiger partial charge in [0.15, 0.2) is 0 Å². The van der Waals surface area contributed by atoms with Gasteiger partial charge in [-0.1, -0.05) is 24.3 Å². The minimum atomic E-state index is -4.14. The Hall–Kier alpha value is -2.95. The third kappa shape index (κ3) is 4.34. The van der Waals surface area contributed by atoms with Gasteiger partial charge in [0.05, 0.1) is 12.0 Å². The van der Waals surface area contributed by atoms with Gasteiger partial charge in [0.2, 0.25) is 10.0 Å². The molecule has 1 aliphatic heterocycles. The summed E-state index contributed by atoms with van der Waals surface area (Å²) in [5.74, 6) is -0.699. The molecule has 0 bridgehead atoms. The van der Waals surface area contributed by atoms with Crippen molar-refractivity contribution in [1.29, 1.82) is 0 Å². The predicted molar refractivity (Wildman–Crippen MR) is 118 cm³/mol. The molecule has 0 saturated heterocycles. The molecule has 168 valence electrons. The lowest BCUT2D eigenvalue weighted by Crippen LogP contribution is -2.36. The first-order valence-corrected chi connectivity index (χ1v) is 12.7. The third-order valence-corrected chi connectivity index (χ3v) is 8.49. The second-order valence-corrected chi connectivity index (χ2v) is 10.9. The van der Waals surface area contributed by atoms with Crippen LogP contribution in [0.25, 0.3) is 0 Å². The van der Waals surface area contributed by atoms with Gasteiger partial charge in [0, 0.05) is 18.8 Å². The molecule has 7 nitrogen and oxygen atoms in total. The summed E-state index contributed by atoms with van der Waals surface area (Å²) in [7, 11) is -6.51. The van der Waals surface area contributed by atoms with Crippen LogP contribution >= 0.6 is 0 Å². The predicted octanol–water partition coefficient (Wildman–Crippen LogP) is 3.38. The number of anilines is 1. The minimum Gasteiger partial charge on any atom is -0.495 e. The molecule has 0 radical (unpaired) electrons. The number of benzene rings is 3. The second kappa shape index (κ2) is 8.53. The molecular formula is C22H21FN2O5S2. The Morgan fingerprint density at radius 3 is 2.41 bits per heavy atom. The SMILES string of the molecule is COc1ccc(F)cc1S(=O)(=O)Nc1ccc2c(c1)CN(S(=O)(=O)c1ccccc1)CC2. The topological polar surface area (TPSA) is 92.8 Å². The maximum absolute atomic E-state index is 13.7. The Morgan fingerprint density at radius 1 is 0.938 bits per heavy atom. The lowest BCUT2D eigenvalue weighted by Gasteiger charge is -2.28. The third-order valence-electron chi connectivity index (χ3n) is 5.23. The summed E-state index contributed by atoms with van der Waals surface area (Å²) >= 11 is 0. The number of ether oxygens (including phenoxy) is 1. The first-order chi connectivity index (χ1) is 15.2. The molecule has 3 aromatic rings. The Balaban J connectivity index is 1.62. The van der Waals surface area contributed by atoms with Crippen LogP contribution in [0.2, 0.25) is 0 Å². The Morgan fingerprint density at radius 2 is 1.69 bits per heavy atom. The largest absolute Gasteiger partial charge is 0.495 e. The van der Waals surface area contributed by atoms with Crippen molar-refractivity contribution in [1.82, 2.24) is 4.31 Å². The number of rotatable bonds is 6. The van der Waals surface area contributed by atoms with Crippen LogP contribution in [0.3, 0.4) is 0 Å². The molecule has 4 rings (SSSR count). The van der Waals surface area contributed by atoms with E-state index in [2.05, 4.69) is 4.72 Å². The van der Waals surface area contributed by atoms with E-state index in [4.69, 9.17) is 4.74 Å². The van der Waals surface area contributed by atoms with Crippen molar-refractivity contribution in [3.8, 4) is 5.75 Å². The van der Waals surface area contributed by atoms with Gasteiger partial charge in [-0.3, -0.25) is 4.72 Å². The average Bonchev–Trinajstić information content (AvgIpc) is 2.79. The molecule has 0 saturated carbocycles. The van der Waals surface area contributed by atoms with Crippen molar-refractivity contribution in [2.24, 2.45) is 0 Å². The molecule has 0 aromatic heterocycles. The zero-order valence-corrected chi connectivity index (χ0v) is 18.8. The molecule has 1 aliphatic rings. The molecular weight excluding hydrogens is 455 g/mol. The fraction of sp³-hybridized carbons (Fsp3) is 0.182. The smallest absolute Gasteiger partial charge is 0.265 e. The van der Waals surface area contributed by atoms with E-state index in [1.807, 2.05) is 0 Å². The van der Waals surface area contributed by atoms with Crippen LogP contribution in [0.5, 0.6) is 5.75 Å². The molecule has 1 heterocycles. The summed E-state index contributed by atoms with van der Waals surface area (Å²) in [5.41, 5.74) is 1.88. The monoisotopic (exact) mass is 476 g/mol. The standard InChI is InChI=1S/C22H21FN2O5S2/c1-30-21-10-8-18(23)14-22(21)31(26,27)24-19-9-7-16-11-12-25(15-17(16)13-19)32(28,29)20-5-3-2-4-6-20/h2-10,13-14,24H,11-12,15H2,1H3. The van der Waals surface area contributed by atoms with Crippen LogP contribution in [0.1, 0.15) is 11.1 Å². The number of fused-ring (bicyclic) bond motifs is 1. The molecule has 0 fully saturated rings. The fourth-order valence-corrected chi connectivity index (χ4v) is 6.28. The van der Waals surface area contributed by atoms with Gasteiger partial charge in [-0.15, -0.1) is 0 Å². The highest BCUT2D eigenvalue weighted by atomic mass is 32.2. The number of sulfonamides is 2. The lowest BCUT2D eigenvalue weighted by atomic mass is 10.0. The van der Waals surface area contributed by atoms with E-state index in [0.29, 0.717) is 18.5 Å². The number of hydrogen-bond acceptors (Lipinski definition) is 5. The number of methoxy groups -OCH3 is 1. The number of nitrogens with zero attached hydrogens (tertiary/aromatic N) is 1. The van der Waals surface area contributed by atoms with E-state index in [9.17, 15) is 21.2 Å². The van der Waals surface area contributed by atoms with Crippen molar-refractivity contribution in [3.63, 3.8) is 0 Å². The molecule has 1 N–H and O–H groups in total. The second-order valence-electron chi connectivity index (χ2n) is 7.29. The van der Waals surface area contributed by atoms with Crippen molar-refractivity contribution in [2.45, 2.75) is 22.8 Å². The molecule has 0 unspecified atom stereocenters. The van der Waals surface area contributed by atoms with Gasteiger partial charge in [-0.2, -0.15) is 4.31 Å². The Labute approximate surface area is 186 Å². The highest BCUT2D eigenvalue weighted by Gasteiger charge is 2.29. The van der Waals surface area contributed by atoms with E-state index in [1.54, 1.807) is 48.5 Å². The quantitative estimate of drug-likeness (QED) is 0.589. The molecule has 0 atom stereocenters. The summed E-state index contributed by atoms with van der Waals surface area (Å²) in [6.45, 7) is 0.446. The van der Waals surface area contributed by atoms with Crippen LogP contribution in [0.15, 0.2) is 76.5 Å². The van der Waals surface area contributed by atoms with Crippen molar-refractivity contribution in [2.75, 3.05) is 18.4 Å². The number of nitrogens with one attached hydrogen (secondary N) is 1. The van der Waals surface area contributed by atoms with Gasteiger partial charge in [0.1, 0.15) is 16.5 Å². The van der Waals surface area contributed by atoms with Crippen LogP contribution in [0.4, 0.5) is 10.1 Å². The molecule has 32 heavy (non-hydrogen) atoms. The van der Waals surface area contributed by atoms with E-state index in [0.717, 1.165) is 17.7 Å². The average molecular weight is 477 g/mol. The van der Waals surface area contributed by atoms with Gasteiger partial charge in [0.25, 0.3) is 10.0 Å². The molecule has 10 heteroatoms. The van der Waals surface area contributed by atoms with E-state index in [1.165, 1.54) is 17.5 Å². The maximum atomic E-state index is 13.7. The highest BCUT2D eigenvalue weighted by Crippen LogP contribution is 2.30. The molecule has 0 amide bonds. The van der Waals surface area contributed by atoms with E-state index < -0.39 is 25.9 Å². The zero-order chi connectivity index (χ0) is 22.9. The number of halogens is 1. The van der Waals surface area contributed by atoms with Gasteiger partial charge in [-0.25, -0.2) is 21.2 Å². The van der Waals surface area contributed by atoms with Crippen molar-refractivity contribution >= 4 is 25.7 Å². The van der Waals surface area contributed by atoms with Gasteiger partial charge in [-0.05, 0) is 60.0 Å².